The van der Waals surface area contributed by atoms with Crippen molar-refractivity contribution in [2.75, 3.05) is 13.1 Å². The summed E-state index contributed by atoms with van der Waals surface area (Å²) in [7, 11) is 0. The third-order valence-electron chi connectivity index (χ3n) is 2.55. The quantitative estimate of drug-likeness (QED) is 0.592. The number of allylic oxidation sites excluding steroid dienone is 1. The summed E-state index contributed by atoms with van der Waals surface area (Å²) in [5.41, 5.74) is 1.65. The van der Waals surface area contributed by atoms with Crippen molar-refractivity contribution in [1.82, 2.24) is 5.32 Å². The molecular formula is C14H19F2N. The predicted molar refractivity (Wildman–Crippen MR) is 67.0 cm³/mol. The van der Waals surface area contributed by atoms with Crippen LogP contribution in [0, 0.1) is 11.6 Å². The maximum absolute atomic E-state index is 13.4. The van der Waals surface area contributed by atoms with Crippen LogP contribution in [0.1, 0.15) is 25.8 Å². The van der Waals surface area contributed by atoms with Crippen molar-refractivity contribution < 1.29 is 8.78 Å². The second-order valence-electron chi connectivity index (χ2n) is 4.11. The number of nitrogens with one attached hydrogen (secondary N) is 1. The van der Waals surface area contributed by atoms with Crippen LogP contribution in [0.25, 0.3) is 0 Å². The second-order valence-corrected chi connectivity index (χ2v) is 4.11. The van der Waals surface area contributed by atoms with Gasteiger partial charge in [-0.1, -0.05) is 24.6 Å². The minimum atomic E-state index is -0.528. The molecule has 0 aromatic heterocycles. The van der Waals surface area contributed by atoms with E-state index in [-0.39, 0.29) is 0 Å². The molecule has 1 aromatic rings. The summed E-state index contributed by atoms with van der Waals surface area (Å²) < 4.78 is 26.1. The molecule has 0 fully saturated rings. The first kappa shape index (κ1) is 13.8. The van der Waals surface area contributed by atoms with Gasteiger partial charge in [0.25, 0.3) is 0 Å². The molecule has 1 N–H and O–H groups in total. The van der Waals surface area contributed by atoms with Crippen LogP contribution in [0.3, 0.4) is 0 Å². The average Bonchev–Trinajstić information content (AvgIpc) is 2.28. The van der Waals surface area contributed by atoms with Crippen molar-refractivity contribution in [3.05, 3.63) is 47.0 Å². The summed E-state index contributed by atoms with van der Waals surface area (Å²) in [4.78, 5) is 0. The van der Waals surface area contributed by atoms with Crippen molar-refractivity contribution in [1.29, 1.82) is 0 Å². The van der Waals surface area contributed by atoms with Gasteiger partial charge in [0.05, 0.1) is 0 Å². The van der Waals surface area contributed by atoms with E-state index in [0.717, 1.165) is 31.1 Å². The van der Waals surface area contributed by atoms with Crippen molar-refractivity contribution >= 4 is 0 Å². The zero-order valence-electron chi connectivity index (χ0n) is 10.4. The molecule has 1 aromatic carbocycles. The standard InChI is InChI=1S/C14H19F2N/c1-3-17-8-4-5-11(2)9-12-6-7-13(15)10-14(12)16/h5-7,10,17H,3-4,8-9H2,1-2H3. The molecule has 17 heavy (non-hydrogen) atoms. The van der Waals surface area contributed by atoms with Gasteiger partial charge < -0.3 is 5.32 Å². The Morgan fingerprint density at radius 2 is 2.12 bits per heavy atom. The van der Waals surface area contributed by atoms with Gasteiger partial charge in [-0.25, -0.2) is 8.78 Å². The smallest absolute Gasteiger partial charge is 0.129 e. The maximum Gasteiger partial charge on any atom is 0.129 e. The summed E-state index contributed by atoms with van der Waals surface area (Å²) in [6.45, 7) is 5.92. The van der Waals surface area contributed by atoms with Crippen LogP contribution in [0.15, 0.2) is 29.8 Å². The molecule has 1 nitrogen and oxygen atoms in total. The van der Waals surface area contributed by atoms with E-state index in [0.29, 0.717) is 12.0 Å². The number of benzene rings is 1. The SMILES string of the molecule is CCNCCC=C(C)Cc1ccc(F)cc1F. The summed E-state index contributed by atoms with van der Waals surface area (Å²) in [5.74, 6) is -0.996. The van der Waals surface area contributed by atoms with Crippen molar-refractivity contribution in [2.45, 2.75) is 26.7 Å². The second kappa shape index (κ2) is 7.17. The van der Waals surface area contributed by atoms with E-state index in [1.54, 1.807) is 0 Å². The van der Waals surface area contributed by atoms with Gasteiger partial charge in [-0.2, -0.15) is 0 Å². The molecule has 0 bridgehead atoms. The number of halogens is 2. The Balaban J connectivity index is 2.52. The predicted octanol–water partition coefficient (Wildman–Crippen LogP) is 3.45. The van der Waals surface area contributed by atoms with Gasteiger partial charge in [-0.3, -0.25) is 0 Å². The molecule has 94 valence electrons. The van der Waals surface area contributed by atoms with Gasteiger partial charge in [0.1, 0.15) is 11.6 Å². The van der Waals surface area contributed by atoms with E-state index in [1.807, 2.05) is 6.92 Å². The largest absolute Gasteiger partial charge is 0.317 e. The molecule has 0 atom stereocenters. The molecule has 0 aliphatic rings. The van der Waals surface area contributed by atoms with Crippen LogP contribution in [0.5, 0.6) is 0 Å². The van der Waals surface area contributed by atoms with Gasteiger partial charge in [-0.15, -0.1) is 0 Å². The molecule has 0 unspecified atom stereocenters. The summed E-state index contributed by atoms with van der Waals surface area (Å²) >= 11 is 0. The van der Waals surface area contributed by atoms with Gasteiger partial charge in [0.2, 0.25) is 0 Å². The van der Waals surface area contributed by atoms with E-state index >= 15 is 0 Å². The van der Waals surface area contributed by atoms with Crippen LogP contribution < -0.4 is 5.32 Å². The molecule has 0 radical (unpaired) electrons. The zero-order chi connectivity index (χ0) is 12.7. The molecule has 0 spiro atoms. The van der Waals surface area contributed by atoms with E-state index in [2.05, 4.69) is 18.3 Å². The summed E-state index contributed by atoms with van der Waals surface area (Å²) in [5, 5.41) is 3.22. The fourth-order valence-corrected chi connectivity index (χ4v) is 1.64. The first-order valence-corrected chi connectivity index (χ1v) is 5.93. The Morgan fingerprint density at radius 3 is 2.76 bits per heavy atom. The Hall–Kier alpha value is -1.22. The molecule has 0 aliphatic heterocycles. The van der Waals surface area contributed by atoms with Gasteiger partial charge >= 0.3 is 0 Å². The average molecular weight is 239 g/mol. The lowest BCUT2D eigenvalue weighted by Crippen LogP contribution is -2.13. The first-order chi connectivity index (χ1) is 8.13. The Kier molecular flexibility index (Phi) is 5.84. The van der Waals surface area contributed by atoms with Crippen molar-refractivity contribution in [3.8, 4) is 0 Å². The topological polar surface area (TPSA) is 12.0 Å². The van der Waals surface area contributed by atoms with Crippen molar-refractivity contribution in [3.63, 3.8) is 0 Å². The van der Waals surface area contributed by atoms with Gasteiger partial charge in [0, 0.05) is 6.07 Å². The highest BCUT2D eigenvalue weighted by atomic mass is 19.1. The lowest BCUT2D eigenvalue weighted by atomic mass is 10.0. The van der Waals surface area contributed by atoms with Crippen LogP contribution >= 0.6 is 0 Å². The van der Waals surface area contributed by atoms with Crippen LogP contribution in [-0.4, -0.2) is 13.1 Å². The Labute approximate surface area is 102 Å². The Morgan fingerprint density at radius 1 is 1.35 bits per heavy atom. The summed E-state index contributed by atoms with van der Waals surface area (Å²) in [6.07, 6.45) is 3.56. The molecule has 0 saturated heterocycles. The number of hydrogen-bond donors (Lipinski definition) is 1. The van der Waals surface area contributed by atoms with Gasteiger partial charge in [0.15, 0.2) is 0 Å². The van der Waals surface area contributed by atoms with E-state index in [4.69, 9.17) is 0 Å². The molecular weight excluding hydrogens is 220 g/mol. The normalized spacial score (nSPS) is 11.9. The van der Waals surface area contributed by atoms with Crippen LogP contribution in [0.4, 0.5) is 8.78 Å². The summed E-state index contributed by atoms with van der Waals surface area (Å²) in [6, 6.07) is 3.73. The molecule has 0 heterocycles. The maximum atomic E-state index is 13.4. The minimum Gasteiger partial charge on any atom is -0.317 e. The highest BCUT2D eigenvalue weighted by Gasteiger charge is 2.03. The zero-order valence-corrected chi connectivity index (χ0v) is 10.4. The van der Waals surface area contributed by atoms with Crippen LogP contribution in [0.2, 0.25) is 0 Å². The molecule has 0 aliphatic carbocycles. The fourth-order valence-electron chi connectivity index (χ4n) is 1.64. The minimum absolute atomic E-state index is 0.468. The van der Waals surface area contributed by atoms with Gasteiger partial charge in [-0.05, 0) is 44.5 Å². The number of rotatable bonds is 6. The molecule has 0 saturated carbocycles. The lowest BCUT2D eigenvalue weighted by molar-refractivity contribution is 0.574. The fraction of sp³-hybridized carbons (Fsp3) is 0.429. The highest BCUT2D eigenvalue weighted by Crippen LogP contribution is 2.14. The first-order valence-electron chi connectivity index (χ1n) is 5.93. The Bertz CT molecular complexity index is 386. The molecule has 3 heteroatoms. The van der Waals surface area contributed by atoms with E-state index in [1.165, 1.54) is 12.1 Å². The van der Waals surface area contributed by atoms with E-state index in [9.17, 15) is 8.78 Å². The third kappa shape index (κ3) is 5.09. The van der Waals surface area contributed by atoms with Crippen LogP contribution in [-0.2, 0) is 6.42 Å². The third-order valence-corrected chi connectivity index (χ3v) is 2.55. The highest BCUT2D eigenvalue weighted by molar-refractivity contribution is 5.23. The van der Waals surface area contributed by atoms with E-state index < -0.39 is 11.6 Å². The molecule has 1 rings (SSSR count). The molecule has 0 amide bonds. The number of hydrogen-bond acceptors (Lipinski definition) is 1. The lowest BCUT2D eigenvalue weighted by Gasteiger charge is -2.04. The van der Waals surface area contributed by atoms with Crippen molar-refractivity contribution in [2.24, 2.45) is 0 Å². The monoisotopic (exact) mass is 239 g/mol.